The van der Waals surface area contributed by atoms with Crippen LogP contribution in [0.4, 0.5) is 0 Å². The molecule has 0 aliphatic heterocycles. The van der Waals surface area contributed by atoms with E-state index < -0.39 is 0 Å². The van der Waals surface area contributed by atoms with Crippen molar-refractivity contribution in [1.29, 1.82) is 0 Å². The third-order valence-corrected chi connectivity index (χ3v) is 5.82. The zero-order valence-corrected chi connectivity index (χ0v) is 14.6. The highest BCUT2D eigenvalue weighted by atomic mass is 79.9. The van der Waals surface area contributed by atoms with E-state index in [1.807, 2.05) is 6.07 Å². The highest BCUT2D eigenvalue weighted by molar-refractivity contribution is 9.13. The van der Waals surface area contributed by atoms with E-state index in [0.717, 1.165) is 10.0 Å². The van der Waals surface area contributed by atoms with Crippen molar-refractivity contribution in [2.75, 3.05) is 7.11 Å². The lowest BCUT2D eigenvalue weighted by Crippen LogP contribution is -2.19. The third-order valence-electron chi connectivity index (χ3n) is 3.66. The van der Waals surface area contributed by atoms with Crippen LogP contribution in [0.15, 0.2) is 15.0 Å². The Morgan fingerprint density at radius 3 is 2.42 bits per heavy atom. The van der Waals surface area contributed by atoms with Crippen molar-refractivity contribution < 1.29 is 9.84 Å². The molecule has 108 valence electrons. The number of benzene rings is 1. The predicted molar refractivity (Wildman–Crippen MR) is 86.2 cm³/mol. The average Bonchev–Trinajstić information content (AvgIpc) is 2.89. The number of phenols is 1. The smallest absolute Gasteiger partial charge is 0.173 e. The number of halogens is 3. The molecule has 1 fully saturated rings. The van der Waals surface area contributed by atoms with Gasteiger partial charge in [-0.25, -0.2) is 0 Å². The van der Waals surface area contributed by atoms with Gasteiger partial charge in [-0.05, 0) is 62.2 Å². The third kappa shape index (κ3) is 3.38. The summed E-state index contributed by atoms with van der Waals surface area (Å²) < 4.78 is 6.60. The zero-order chi connectivity index (χ0) is 13.3. The quantitative estimate of drug-likeness (QED) is 0.762. The second-order valence-corrected chi connectivity index (χ2v) is 6.30. The molecule has 1 aliphatic rings. The lowest BCUT2D eigenvalue weighted by molar-refractivity contribution is 0.368. The van der Waals surface area contributed by atoms with Crippen LogP contribution in [0.1, 0.15) is 37.3 Å². The van der Waals surface area contributed by atoms with Gasteiger partial charge in [0.25, 0.3) is 0 Å². The lowest BCUT2D eigenvalue weighted by Gasteiger charge is -2.22. The van der Waals surface area contributed by atoms with Crippen LogP contribution in [0.3, 0.4) is 0 Å². The Bertz CT molecular complexity index is 451. The highest BCUT2D eigenvalue weighted by Gasteiger charge is 2.27. The van der Waals surface area contributed by atoms with Crippen molar-refractivity contribution in [2.24, 2.45) is 11.7 Å². The van der Waals surface area contributed by atoms with E-state index in [2.05, 4.69) is 31.9 Å². The first-order valence-corrected chi connectivity index (χ1v) is 7.65. The molecule has 0 heterocycles. The molecular formula is C13H18Br2ClNO2. The van der Waals surface area contributed by atoms with E-state index in [-0.39, 0.29) is 24.2 Å². The fraction of sp³-hybridized carbons (Fsp3) is 0.538. The molecule has 3 nitrogen and oxygen atoms in total. The molecule has 1 saturated carbocycles. The molecule has 6 heteroatoms. The van der Waals surface area contributed by atoms with Gasteiger partial charge in [-0.15, -0.1) is 12.4 Å². The second-order valence-electron chi connectivity index (χ2n) is 4.71. The molecule has 2 rings (SSSR count). The largest absolute Gasteiger partial charge is 0.503 e. The first-order chi connectivity index (χ1) is 8.56. The zero-order valence-electron chi connectivity index (χ0n) is 10.7. The molecule has 1 aliphatic carbocycles. The summed E-state index contributed by atoms with van der Waals surface area (Å²) in [5, 5.41) is 9.91. The predicted octanol–water partition coefficient (Wildman–Crippen LogP) is 4.54. The van der Waals surface area contributed by atoms with Gasteiger partial charge in [0.1, 0.15) is 0 Å². The Hall–Kier alpha value is 0.0300. The molecular weight excluding hydrogens is 397 g/mol. The maximum Gasteiger partial charge on any atom is 0.173 e. The number of methoxy groups -OCH3 is 1. The minimum absolute atomic E-state index is 0. The molecule has 0 bridgehead atoms. The Kier molecular flexibility index (Phi) is 6.43. The topological polar surface area (TPSA) is 55.5 Å². The summed E-state index contributed by atoms with van der Waals surface area (Å²) in [4.78, 5) is 0. The van der Waals surface area contributed by atoms with E-state index in [1.165, 1.54) is 25.7 Å². The van der Waals surface area contributed by atoms with Gasteiger partial charge in [-0.1, -0.05) is 12.8 Å². The lowest BCUT2D eigenvalue weighted by atomic mass is 9.92. The Labute approximate surface area is 136 Å². The van der Waals surface area contributed by atoms with Crippen molar-refractivity contribution in [3.8, 4) is 11.5 Å². The maximum absolute atomic E-state index is 9.91. The number of phenolic OH excluding ortho intramolecular Hbond substituents is 1. The molecule has 0 spiro atoms. The number of rotatable bonds is 3. The van der Waals surface area contributed by atoms with Gasteiger partial charge in [0.05, 0.1) is 11.6 Å². The van der Waals surface area contributed by atoms with E-state index in [4.69, 9.17) is 10.5 Å². The minimum atomic E-state index is -0.0207. The summed E-state index contributed by atoms with van der Waals surface area (Å²) in [5.41, 5.74) is 7.34. The van der Waals surface area contributed by atoms with Gasteiger partial charge in [0.15, 0.2) is 11.5 Å². The molecule has 0 radical (unpaired) electrons. The fourth-order valence-corrected chi connectivity index (χ4v) is 3.57. The molecule has 1 aromatic rings. The van der Waals surface area contributed by atoms with E-state index in [0.29, 0.717) is 16.1 Å². The Balaban J connectivity index is 0.00000180. The first-order valence-electron chi connectivity index (χ1n) is 6.06. The minimum Gasteiger partial charge on any atom is -0.503 e. The summed E-state index contributed by atoms with van der Waals surface area (Å²) in [6.07, 6.45) is 4.86. The molecule has 0 aromatic heterocycles. The summed E-state index contributed by atoms with van der Waals surface area (Å²) in [5.74, 6) is 1.07. The van der Waals surface area contributed by atoms with E-state index in [1.54, 1.807) is 7.11 Å². The van der Waals surface area contributed by atoms with Crippen LogP contribution < -0.4 is 10.5 Å². The molecule has 3 N–H and O–H groups in total. The first kappa shape index (κ1) is 17.1. The number of hydrogen-bond acceptors (Lipinski definition) is 3. The standard InChI is InChI=1S/C13H17Br2NO2.ClH/c1-18-9-6-8(10(14)11(15)13(9)17)12(16)7-4-2-3-5-7;/h6-7,12,17H,2-5,16H2,1H3;1H/t12-;/m0./s1. The van der Waals surface area contributed by atoms with Crippen LogP contribution in [0.2, 0.25) is 0 Å². The number of ether oxygens (including phenoxy) is 1. The van der Waals surface area contributed by atoms with E-state index in [9.17, 15) is 5.11 Å². The molecule has 1 atom stereocenters. The highest BCUT2D eigenvalue weighted by Crippen LogP contribution is 2.46. The van der Waals surface area contributed by atoms with Crippen molar-refractivity contribution >= 4 is 44.3 Å². The SMILES string of the molecule is COc1cc([C@@H](N)C2CCCC2)c(Br)c(Br)c1O.Cl. The van der Waals surface area contributed by atoms with Gasteiger partial charge in [-0.3, -0.25) is 0 Å². The number of hydrogen-bond donors (Lipinski definition) is 2. The van der Waals surface area contributed by atoms with Gasteiger partial charge >= 0.3 is 0 Å². The van der Waals surface area contributed by atoms with E-state index >= 15 is 0 Å². The summed E-state index contributed by atoms with van der Waals surface area (Å²) in [6, 6.07) is 1.81. The van der Waals surface area contributed by atoms with Gasteiger partial charge in [0, 0.05) is 10.5 Å². The summed E-state index contributed by atoms with van der Waals surface area (Å²) in [7, 11) is 1.54. The summed E-state index contributed by atoms with van der Waals surface area (Å²) in [6.45, 7) is 0. The van der Waals surface area contributed by atoms with Gasteiger partial charge in [0.2, 0.25) is 0 Å². The van der Waals surface area contributed by atoms with Crippen LogP contribution >= 0.6 is 44.3 Å². The molecule has 19 heavy (non-hydrogen) atoms. The normalized spacial score (nSPS) is 17.1. The molecule has 0 amide bonds. The monoisotopic (exact) mass is 413 g/mol. The van der Waals surface area contributed by atoms with Crippen molar-refractivity contribution in [2.45, 2.75) is 31.7 Å². The average molecular weight is 416 g/mol. The van der Waals surface area contributed by atoms with Crippen molar-refractivity contribution in [3.63, 3.8) is 0 Å². The van der Waals surface area contributed by atoms with Crippen molar-refractivity contribution in [1.82, 2.24) is 0 Å². The summed E-state index contributed by atoms with van der Waals surface area (Å²) >= 11 is 6.87. The molecule has 0 unspecified atom stereocenters. The Morgan fingerprint density at radius 2 is 1.89 bits per heavy atom. The van der Waals surface area contributed by atoms with Crippen molar-refractivity contribution in [3.05, 3.63) is 20.6 Å². The second kappa shape index (κ2) is 7.16. The number of nitrogens with two attached hydrogens (primary N) is 1. The maximum atomic E-state index is 9.91. The van der Waals surface area contributed by atoms with Crippen LogP contribution in [0.5, 0.6) is 11.5 Å². The van der Waals surface area contributed by atoms with Crippen LogP contribution in [-0.2, 0) is 0 Å². The van der Waals surface area contributed by atoms with Gasteiger partial charge < -0.3 is 15.6 Å². The van der Waals surface area contributed by atoms with Crippen LogP contribution in [0.25, 0.3) is 0 Å². The Morgan fingerprint density at radius 1 is 1.32 bits per heavy atom. The fourth-order valence-electron chi connectivity index (χ4n) is 2.58. The molecule has 0 saturated heterocycles. The van der Waals surface area contributed by atoms with Crippen LogP contribution in [0, 0.1) is 5.92 Å². The van der Waals surface area contributed by atoms with Crippen LogP contribution in [-0.4, -0.2) is 12.2 Å². The van der Waals surface area contributed by atoms with Gasteiger partial charge in [-0.2, -0.15) is 0 Å². The number of aromatic hydroxyl groups is 1. The molecule has 1 aromatic carbocycles.